The minimum absolute atomic E-state index is 0.0131. The zero-order valence-corrected chi connectivity index (χ0v) is 20.0. The van der Waals surface area contributed by atoms with E-state index >= 15 is 0 Å². The highest BCUT2D eigenvalue weighted by molar-refractivity contribution is 7.22. The van der Waals surface area contributed by atoms with Crippen molar-refractivity contribution < 1.29 is 22.8 Å². The zero-order chi connectivity index (χ0) is 25.2. The highest BCUT2D eigenvalue weighted by Gasteiger charge is 2.17. The Labute approximate surface area is 207 Å². The van der Waals surface area contributed by atoms with Crippen LogP contribution in [-0.2, 0) is 4.79 Å². The number of fused-ring (bicyclic) bond motifs is 2. The van der Waals surface area contributed by atoms with E-state index in [2.05, 4.69) is 30.7 Å². The van der Waals surface area contributed by atoms with Crippen LogP contribution in [0.5, 0.6) is 5.75 Å². The standard InChI is InChI=1S/C24H20F2N6O3S/c1-12(25)34-18-6-5-17(26)20-21(18)36-24(31-20)30-19(33)8-10-28-23-16-11-15(22-29-13(2)35-32-22)4-3-14(16)7-9-27-23/h3-7,9,11-12H,8,10H2,1-2H3,(H,27,28)(H,30,31,33). The van der Waals surface area contributed by atoms with Gasteiger partial charge in [0.15, 0.2) is 10.9 Å². The number of nitrogens with zero attached hydrogens (tertiary/aromatic N) is 4. The molecular formula is C24H20F2N6O3S. The van der Waals surface area contributed by atoms with Crippen molar-refractivity contribution in [2.24, 2.45) is 0 Å². The van der Waals surface area contributed by atoms with Gasteiger partial charge in [-0.05, 0) is 29.7 Å². The van der Waals surface area contributed by atoms with Gasteiger partial charge in [0.2, 0.25) is 24.0 Å². The Bertz CT molecular complexity index is 1570. The average molecular weight is 511 g/mol. The lowest BCUT2D eigenvalue weighted by Crippen LogP contribution is -2.16. The lowest BCUT2D eigenvalue weighted by atomic mass is 10.1. The van der Waals surface area contributed by atoms with Crippen LogP contribution in [0, 0.1) is 12.7 Å². The molecule has 5 aromatic rings. The first-order valence-electron chi connectivity index (χ1n) is 11.0. The predicted molar refractivity (Wildman–Crippen MR) is 132 cm³/mol. The van der Waals surface area contributed by atoms with Crippen LogP contribution in [0.25, 0.3) is 32.4 Å². The largest absolute Gasteiger partial charge is 0.459 e. The fourth-order valence-corrected chi connectivity index (χ4v) is 4.57. The number of alkyl halides is 1. The van der Waals surface area contributed by atoms with Crippen LogP contribution in [-0.4, -0.2) is 38.9 Å². The van der Waals surface area contributed by atoms with Crippen LogP contribution in [0.1, 0.15) is 19.2 Å². The van der Waals surface area contributed by atoms with Gasteiger partial charge < -0.3 is 19.9 Å². The summed E-state index contributed by atoms with van der Waals surface area (Å²) in [5, 5.41) is 11.8. The van der Waals surface area contributed by atoms with E-state index in [-0.39, 0.29) is 35.3 Å². The number of pyridine rings is 1. The molecule has 3 aromatic heterocycles. The van der Waals surface area contributed by atoms with Crippen LogP contribution in [0.15, 0.2) is 47.1 Å². The van der Waals surface area contributed by atoms with Crippen LogP contribution in [0.3, 0.4) is 0 Å². The van der Waals surface area contributed by atoms with E-state index in [0.29, 0.717) is 22.2 Å². The van der Waals surface area contributed by atoms with E-state index in [4.69, 9.17) is 9.26 Å². The van der Waals surface area contributed by atoms with Gasteiger partial charge in [0.25, 0.3) is 0 Å². The van der Waals surface area contributed by atoms with Gasteiger partial charge in [-0.3, -0.25) is 4.79 Å². The Balaban J connectivity index is 1.27. The van der Waals surface area contributed by atoms with Crippen LogP contribution in [0.2, 0.25) is 0 Å². The number of anilines is 2. The first-order chi connectivity index (χ1) is 17.4. The summed E-state index contributed by atoms with van der Waals surface area (Å²) in [5.41, 5.74) is 0.792. The average Bonchev–Trinajstić information content (AvgIpc) is 3.47. The minimum atomic E-state index is -1.57. The second-order valence-corrected chi connectivity index (χ2v) is 8.86. The maximum atomic E-state index is 14.2. The molecule has 0 aliphatic rings. The quantitative estimate of drug-likeness (QED) is 0.282. The Kier molecular flexibility index (Phi) is 6.42. The molecule has 0 spiro atoms. The van der Waals surface area contributed by atoms with Crippen molar-refractivity contribution in [3.8, 4) is 17.1 Å². The summed E-state index contributed by atoms with van der Waals surface area (Å²) in [5.74, 6) is 0.804. The Morgan fingerprint density at radius 2 is 2.08 bits per heavy atom. The van der Waals surface area contributed by atoms with E-state index < -0.39 is 12.2 Å². The number of carbonyl (C=O) groups excluding carboxylic acids is 1. The summed E-state index contributed by atoms with van der Waals surface area (Å²) in [6.07, 6.45) is 0.210. The van der Waals surface area contributed by atoms with E-state index in [1.807, 2.05) is 24.3 Å². The highest BCUT2D eigenvalue weighted by Crippen LogP contribution is 2.36. The molecule has 0 saturated carbocycles. The van der Waals surface area contributed by atoms with Gasteiger partial charge >= 0.3 is 0 Å². The summed E-state index contributed by atoms with van der Waals surface area (Å²) in [6, 6.07) is 10.1. The van der Waals surface area contributed by atoms with Gasteiger partial charge in [-0.2, -0.15) is 4.98 Å². The summed E-state index contributed by atoms with van der Waals surface area (Å²) < 4.78 is 37.9. The van der Waals surface area contributed by atoms with Crippen molar-refractivity contribution in [1.29, 1.82) is 0 Å². The SMILES string of the molecule is Cc1nc(-c2ccc3ccnc(NCCC(=O)Nc4nc5c(F)ccc(OC(C)F)c5s4)c3c2)no1. The maximum absolute atomic E-state index is 14.2. The normalized spacial score (nSPS) is 12.1. The van der Waals surface area contributed by atoms with Crippen LogP contribution < -0.4 is 15.4 Å². The van der Waals surface area contributed by atoms with Gasteiger partial charge in [-0.25, -0.2) is 18.7 Å². The molecule has 0 aliphatic carbocycles. The summed E-state index contributed by atoms with van der Waals surface area (Å²) in [4.78, 5) is 25.3. The number of ether oxygens (including phenoxy) is 1. The molecule has 1 amide bonds. The monoisotopic (exact) mass is 510 g/mol. The smallest absolute Gasteiger partial charge is 0.235 e. The van der Waals surface area contributed by atoms with Gasteiger partial charge in [0.05, 0.1) is 0 Å². The summed E-state index contributed by atoms with van der Waals surface area (Å²) in [7, 11) is 0. The zero-order valence-electron chi connectivity index (χ0n) is 19.2. The van der Waals surface area contributed by atoms with Crippen molar-refractivity contribution in [3.63, 3.8) is 0 Å². The van der Waals surface area contributed by atoms with Crippen molar-refractivity contribution in [1.82, 2.24) is 20.1 Å². The third-order valence-electron chi connectivity index (χ3n) is 5.19. The molecule has 0 bridgehead atoms. The summed E-state index contributed by atoms with van der Waals surface area (Å²) in [6.45, 7) is 3.24. The topological polar surface area (TPSA) is 115 Å². The number of aromatic nitrogens is 4. The molecule has 12 heteroatoms. The molecular weight excluding hydrogens is 490 g/mol. The predicted octanol–water partition coefficient (Wildman–Crippen LogP) is 5.48. The lowest BCUT2D eigenvalue weighted by molar-refractivity contribution is -0.115. The number of hydrogen-bond acceptors (Lipinski definition) is 9. The number of nitrogens with one attached hydrogen (secondary N) is 2. The minimum Gasteiger partial charge on any atom is -0.459 e. The first-order valence-corrected chi connectivity index (χ1v) is 11.8. The molecule has 0 radical (unpaired) electrons. The number of benzene rings is 2. The molecule has 3 heterocycles. The van der Waals surface area contributed by atoms with E-state index in [1.165, 1.54) is 13.0 Å². The second kappa shape index (κ2) is 9.82. The maximum Gasteiger partial charge on any atom is 0.235 e. The Hall–Kier alpha value is -4.19. The molecule has 2 N–H and O–H groups in total. The fraction of sp³-hybridized carbons (Fsp3) is 0.208. The second-order valence-electron chi connectivity index (χ2n) is 7.86. The fourth-order valence-electron chi connectivity index (χ4n) is 3.61. The van der Waals surface area contributed by atoms with Crippen LogP contribution in [0.4, 0.5) is 19.7 Å². The van der Waals surface area contributed by atoms with Crippen molar-refractivity contribution in [2.45, 2.75) is 26.6 Å². The molecule has 9 nitrogen and oxygen atoms in total. The third-order valence-corrected chi connectivity index (χ3v) is 6.18. The van der Waals surface area contributed by atoms with Crippen LogP contribution >= 0.6 is 11.3 Å². The molecule has 5 rings (SSSR count). The third kappa shape index (κ3) is 4.93. The molecule has 1 unspecified atom stereocenters. The molecule has 184 valence electrons. The molecule has 2 aromatic carbocycles. The molecule has 1 atom stereocenters. The van der Waals surface area contributed by atoms with Gasteiger partial charge in [0, 0.05) is 44.0 Å². The van der Waals surface area contributed by atoms with Crippen molar-refractivity contribution in [2.75, 3.05) is 17.2 Å². The van der Waals surface area contributed by atoms with Gasteiger partial charge in [-0.1, -0.05) is 28.6 Å². The van der Waals surface area contributed by atoms with Crippen molar-refractivity contribution in [3.05, 3.63) is 54.3 Å². The number of halogens is 2. The molecule has 0 aliphatic heterocycles. The Morgan fingerprint density at radius 3 is 2.86 bits per heavy atom. The number of rotatable bonds is 8. The number of hydrogen-bond donors (Lipinski definition) is 2. The van der Waals surface area contributed by atoms with Gasteiger partial charge in [0.1, 0.15) is 21.8 Å². The number of amides is 1. The van der Waals surface area contributed by atoms with E-state index in [0.717, 1.165) is 33.7 Å². The molecule has 36 heavy (non-hydrogen) atoms. The highest BCUT2D eigenvalue weighted by atomic mass is 32.1. The van der Waals surface area contributed by atoms with Gasteiger partial charge in [-0.15, -0.1) is 0 Å². The number of carbonyl (C=O) groups is 1. The molecule has 0 saturated heterocycles. The van der Waals surface area contributed by atoms with E-state index in [1.54, 1.807) is 13.1 Å². The molecule has 0 fully saturated rings. The summed E-state index contributed by atoms with van der Waals surface area (Å²) >= 11 is 1.01. The van der Waals surface area contributed by atoms with Crippen molar-refractivity contribution >= 4 is 49.2 Å². The first kappa shape index (κ1) is 23.5. The van der Waals surface area contributed by atoms with E-state index in [9.17, 15) is 13.6 Å². The number of aryl methyl sites for hydroxylation is 1. The lowest BCUT2D eigenvalue weighted by Gasteiger charge is -2.09. The number of thiazole rings is 1. The Morgan fingerprint density at radius 1 is 1.22 bits per heavy atom.